The molecule has 27 heavy (non-hydrogen) atoms. The molecule has 2 aromatic carbocycles. The van der Waals surface area contributed by atoms with Crippen LogP contribution in [0.15, 0.2) is 48.0 Å². The molecule has 0 bridgehead atoms. The van der Waals surface area contributed by atoms with Gasteiger partial charge in [-0.15, -0.1) is 0 Å². The minimum Gasteiger partial charge on any atom is -0.496 e. The number of benzene rings is 2. The number of aryl methyl sites for hydroxylation is 1. The maximum absolute atomic E-state index is 12.4. The van der Waals surface area contributed by atoms with Gasteiger partial charge in [0.1, 0.15) is 17.4 Å². The molecule has 0 radical (unpaired) electrons. The van der Waals surface area contributed by atoms with Crippen LogP contribution in [-0.4, -0.2) is 19.6 Å². The second-order valence-corrected chi connectivity index (χ2v) is 6.77. The SMILES string of the molecule is COc1cc(C)c(C=C(C#N)C(=O)NCCc2ccccc2)cc1C(C)C. The third-order valence-corrected chi connectivity index (χ3v) is 4.45. The lowest BCUT2D eigenvalue weighted by Gasteiger charge is -2.15. The Balaban J connectivity index is 2.16. The van der Waals surface area contributed by atoms with E-state index in [0.717, 1.165) is 34.4 Å². The molecule has 0 atom stereocenters. The van der Waals surface area contributed by atoms with Gasteiger partial charge in [0.2, 0.25) is 0 Å². The molecule has 0 saturated heterocycles. The predicted octanol–water partition coefficient (Wildman–Crippen LogP) is 4.39. The highest BCUT2D eigenvalue weighted by Gasteiger charge is 2.13. The highest BCUT2D eigenvalue weighted by Crippen LogP contribution is 2.30. The third kappa shape index (κ3) is 5.46. The normalized spacial score (nSPS) is 11.2. The molecule has 140 valence electrons. The standard InChI is InChI=1S/C23H26N2O2/c1-16(2)21-14-19(17(3)12-22(21)27-4)13-20(15-24)23(26)25-11-10-18-8-6-5-7-9-18/h5-9,12-14,16H,10-11H2,1-4H3,(H,25,26). The maximum atomic E-state index is 12.4. The Morgan fingerprint density at radius 1 is 1.26 bits per heavy atom. The van der Waals surface area contributed by atoms with E-state index in [9.17, 15) is 10.1 Å². The minimum absolute atomic E-state index is 0.103. The smallest absolute Gasteiger partial charge is 0.261 e. The lowest BCUT2D eigenvalue weighted by atomic mass is 9.95. The van der Waals surface area contributed by atoms with E-state index in [-0.39, 0.29) is 17.4 Å². The summed E-state index contributed by atoms with van der Waals surface area (Å²) in [6.07, 6.45) is 2.38. The van der Waals surface area contributed by atoms with Crippen LogP contribution in [0.4, 0.5) is 0 Å². The lowest BCUT2D eigenvalue weighted by molar-refractivity contribution is -0.117. The number of hydrogen-bond acceptors (Lipinski definition) is 3. The number of amides is 1. The Bertz CT molecular complexity index is 862. The van der Waals surface area contributed by atoms with Gasteiger partial charge in [0.15, 0.2) is 0 Å². The number of carbonyl (C=O) groups excluding carboxylic acids is 1. The van der Waals surface area contributed by atoms with Crippen LogP contribution in [0.1, 0.15) is 42.0 Å². The molecule has 2 rings (SSSR count). The van der Waals surface area contributed by atoms with Gasteiger partial charge in [0.05, 0.1) is 7.11 Å². The van der Waals surface area contributed by atoms with E-state index in [4.69, 9.17) is 4.74 Å². The zero-order chi connectivity index (χ0) is 19.8. The van der Waals surface area contributed by atoms with Crippen molar-refractivity contribution >= 4 is 12.0 Å². The summed E-state index contributed by atoms with van der Waals surface area (Å²) < 4.78 is 5.45. The van der Waals surface area contributed by atoms with Crippen LogP contribution in [-0.2, 0) is 11.2 Å². The van der Waals surface area contributed by atoms with E-state index in [1.807, 2.05) is 55.5 Å². The summed E-state index contributed by atoms with van der Waals surface area (Å²) in [5.41, 5.74) is 4.12. The van der Waals surface area contributed by atoms with Crippen LogP contribution < -0.4 is 10.1 Å². The van der Waals surface area contributed by atoms with Gasteiger partial charge in [-0.05, 0) is 59.7 Å². The molecule has 0 aliphatic carbocycles. The summed E-state index contributed by atoms with van der Waals surface area (Å²) >= 11 is 0. The van der Waals surface area contributed by atoms with Gasteiger partial charge >= 0.3 is 0 Å². The lowest BCUT2D eigenvalue weighted by Crippen LogP contribution is -2.26. The first-order chi connectivity index (χ1) is 13.0. The maximum Gasteiger partial charge on any atom is 0.261 e. The van der Waals surface area contributed by atoms with Crippen molar-refractivity contribution in [3.8, 4) is 11.8 Å². The van der Waals surface area contributed by atoms with Crippen LogP contribution in [0.5, 0.6) is 5.75 Å². The van der Waals surface area contributed by atoms with Crippen LogP contribution >= 0.6 is 0 Å². The molecule has 1 N–H and O–H groups in total. The van der Waals surface area contributed by atoms with E-state index >= 15 is 0 Å². The first-order valence-electron chi connectivity index (χ1n) is 9.08. The van der Waals surface area contributed by atoms with Gasteiger partial charge in [-0.1, -0.05) is 44.2 Å². The number of ether oxygens (including phenoxy) is 1. The molecule has 0 aliphatic rings. The molecule has 0 spiro atoms. The van der Waals surface area contributed by atoms with Crippen molar-refractivity contribution in [2.45, 2.75) is 33.1 Å². The summed E-state index contributed by atoms with van der Waals surface area (Å²) in [4.78, 5) is 12.4. The number of nitriles is 1. The second kappa shape index (κ2) is 9.59. The Kier molecular flexibility index (Phi) is 7.19. The summed E-state index contributed by atoms with van der Waals surface area (Å²) in [6.45, 7) is 6.60. The Labute approximate surface area is 161 Å². The molecule has 0 unspecified atom stereocenters. The molecule has 2 aromatic rings. The number of nitrogens with zero attached hydrogens (tertiary/aromatic N) is 1. The largest absolute Gasteiger partial charge is 0.496 e. The van der Waals surface area contributed by atoms with E-state index < -0.39 is 0 Å². The Morgan fingerprint density at radius 2 is 1.96 bits per heavy atom. The van der Waals surface area contributed by atoms with E-state index in [2.05, 4.69) is 19.2 Å². The van der Waals surface area contributed by atoms with E-state index in [1.54, 1.807) is 13.2 Å². The van der Waals surface area contributed by atoms with Crippen molar-refractivity contribution < 1.29 is 9.53 Å². The van der Waals surface area contributed by atoms with Crippen LogP contribution in [0.2, 0.25) is 0 Å². The molecule has 0 fully saturated rings. The number of carbonyl (C=O) groups is 1. The molecule has 0 aliphatic heterocycles. The van der Waals surface area contributed by atoms with Gasteiger partial charge in [-0.3, -0.25) is 4.79 Å². The van der Waals surface area contributed by atoms with Crippen LogP contribution in [0, 0.1) is 18.3 Å². The van der Waals surface area contributed by atoms with Crippen molar-refractivity contribution in [1.82, 2.24) is 5.32 Å². The summed E-state index contributed by atoms with van der Waals surface area (Å²) in [6, 6.07) is 15.9. The number of rotatable bonds is 7. The van der Waals surface area contributed by atoms with Crippen molar-refractivity contribution in [3.05, 3.63) is 70.3 Å². The summed E-state index contributed by atoms with van der Waals surface area (Å²) in [7, 11) is 1.65. The fraction of sp³-hybridized carbons (Fsp3) is 0.304. The second-order valence-electron chi connectivity index (χ2n) is 6.77. The number of methoxy groups -OCH3 is 1. The van der Waals surface area contributed by atoms with Crippen molar-refractivity contribution in [3.63, 3.8) is 0 Å². The highest BCUT2D eigenvalue weighted by atomic mass is 16.5. The molecule has 0 heterocycles. The molecule has 1 amide bonds. The molecular formula is C23H26N2O2. The zero-order valence-corrected chi connectivity index (χ0v) is 16.4. The van der Waals surface area contributed by atoms with Crippen molar-refractivity contribution in [2.24, 2.45) is 0 Å². The minimum atomic E-state index is -0.352. The number of nitrogens with one attached hydrogen (secondary N) is 1. The fourth-order valence-corrected chi connectivity index (χ4v) is 2.86. The van der Waals surface area contributed by atoms with Gasteiger partial charge in [0, 0.05) is 6.54 Å². The molecule has 4 heteroatoms. The third-order valence-electron chi connectivity index (χ3n) is 4.45. The molecular weight excluding hydrogens is 336 g/mol. The van der Waals surface area contributed by atoms with Crippen LogP contribution in [0.3, 0.4) is 0 Å². The molecule has 0 saturated carbocycles. The predicted molar refractivity (Wildman–Crippen MR) is 109 cm³/mol. The zero-order valence-electron chi connectivity index (χ0n) is 16.4. The Hall–Kier alpha value is -3.06. The summed E-state index contributed by atoms with van der Waals surface area (Å²) in [5, 5.41) is 12.3. The van der Waals surface area contributed by atoms with Crippen LogP contribution in [0.25, 0.3) is 6.08 Å². The van der Waals surface area contributed by atoms with Gasteiger partial charge in [0.25, 0.3) is 5.91 Å². The van der Waals surface area contributed by atoms with Gasteiger partial charge in [-0.2, -0.15) is 5.26 Å². The average molecular weight is 362 g/mol. The van der Waals surface area contributed by atoms with Gasteiger partial charge in [-0.25, -0.2) is 0 Å². The van der Waals surface area contributed by atoms with Crippen molar-refractivity contribution in [1.29, 1.82) is 5.26 Å². The average Bonchev–Trinajstić information content (AvgIpc) is 2.67. The fourth-order valence-electron chi connectivity index (χ4n) is 2.86. The molecule has 4 nitrogen and oxygen atoms in total. The first-order valence-corrected chi connectivity index (χ1v) is 9.08. The monoisotopic (exact) mass is 362 g/mol. The highest BCUT2D eigenvalue weighted by molar-refractivity contribution is 6.01. The van der Waals surface area contributed by atoms with Gasteiger partial charge < -0.3 is 10.1 Å². The van der Waals surface area contributed by atoms with E-state index in [1.165, 1.54) is 0 Å². The quantitative estimate of drug-likeness (QED) is 0.587. The Morgan fingerprint density at radius 3 is 2.56 bits per heavy atom. The topological polar surface area (TPSA) is 62.1 Å². The van der Waals surface area contributed by atoms with E-state index in [0.29, 0.717) is 6.54 Å². The molecule has 0 aromatic heterocycles. The summed E-state index contributed by atoms with van der Waals surface area (Å²) in [5.74, 6) is 0.748. The first kappa shape index (κ1) is 20.3. The van der Waals surface area contributed by atoms with Crippen molar-refractivity contribution in [2.75, 3.05) is 13.7 Å². The number of hydrogen-bond donors (Lipinski definition) is 1.